The van der Waals surface area contributed by atoms with Gasteiger partial charge in [-0.25, -0.2) is 28.7 Å². The molecule has 42 heavy (non-hydrogen) atoms. The molecule has 4 rings (SSSR count). The SMILES string of the molecule is CNc1nc(Nc2ccc(S(=O)(=NC(=O)OC(C)(C)C)C(C)C)cc2)c(C(=O)OC)nc1-c1cncc2c1ncn2C. The number of nitrogens with zero attached hydrogens (tertiary/aromatic N) is 6. The number of amides is 1. The van der Waals surface area contributed by atoms with Crippen molar-refractivity contribution in [2.45, 2.75) is 50.4 Å². The van der Waals surface area contributed by atoms with Gasteiger partial charge in [-0.1, -0.05) is 0 Å². The van der Waals surface area contributed by atoms with Crippen molar-refractivity contribution < 1.29 is 23.3 Å². The maximum Gasteiger partial charge on any atom is 0.442 e. The summed E-state index contributed by atoms with van der Waals surface area (Å²) >= 11 is 0. The monoisotopic (exact) mass is 594 g/mol. The van der Waals surface area contributed by atoms with E-state index in [2.05, 4.69) is 34.9 Å². The van der Waals surface area contributed by atoms with Gasteiger partial charge in [0.25, 0.3) is 0 Å². The first-order chi connectivity index (χ1) is 19.8. The van der Waals surface area contributed by atoms with Crippen LogP contribution in [0.1, 0.15) is 45.1 Å². The number of benzene rings is 1. The summed E-state index contributed by atoms with van der Waals surface area (Å²) in [5.74, 6) is -0.196. The second-order valence-corrected chi connectivity index (χ2v) is 13.3. The molecule has 1 unspecified atom stereocenters. The Morgan fingerprint density at radius 1 is 1.07 bits per heavy atom. The Morgan fingerprint density at radius 3 is 2.36 bits per heavy atom. The molecular formula is C28H34N8O5S. The number of nitrogens with one attached hydrogen (secondary N) is 2. The molecule has 14 heteroatoms. The van der Waals surface area contributed by atoms with Gasteiger partial charge in [0.05, 0.1) is 40.4 Å². The second kappa shape index (κ2) is 11.7. The Balaban J connectivity index is 1.74. The molecule has 0 saturated heterocycles. The number of fused-ring (bicyclic) bond motifs is 1. The molecule has 0 bridgehead atoms. The molecule has 1 amide bonds. The number of rotatable bonds is 7. The van der Waals surface area contributed by atoms with Crippen LogP contribution in [0.2, 0.25) is 0 Å². The van der Waals surface area contributed by atoms with Gasteiger partial charge < -0.3 is 24.7 Å². The van der Waals surface area contributed by atoms with Crippen molar-refractivity contribution in [3.8, 4) is 11.3 Å². The molecule has 3 aromatic heterocycles. The maximum absolute atomic E-state index is 13.8. The highest BCUT2D eigenvalue weighted by Gasteiger charge is 2.25. The van der Waals surface area contributed by atoms with Gasteiger partial charge in [-0.2, -0.15) is 0 Å². The Kier molecular flexibility index (Phi) is 8.48. The van der Waals surface area contributed by atoms with Crippen molar-refractivity contribution in [2.24, 2.45) is 11.4 Å². The maximum atomic E-state index is 13.8. The number of methoxy groups -OCH3 is 1. The molecule has 2 N–H and O–H groups in total. The Bertz CT molecular complexity index is 1770. The molecule has 0 saturated carbocycles. The lowest BCUT2D eigenvalue weighted by Crippen LogP contribution is -2.24. The molecular weight excluding hydrogens is 560 g/mol. The van der Waals surface area contributed by atoms with Crippen LogP contribution in [0.25, 0.3) is 22.3 Å². The number of carbonyl (C=O) groups excluding carboxylic acids is 2. The Morgan fingerprint density at radius 2 is 1.76 bits per heavy atom. The second-order valence-electron chi connectivity index (χ2n) is 10.6. The van der Waals surface area contributed by atoms with Crippen molar-refractivity contribution in [2.75, 3.05) is 24.8 Å². The van der Waals surface area contributed by atoms with Crippen LogP contribution in [0, 0.1) is 0 Å². The molecule has 0 radical (unpaired) electrons. The minimum Gasteiger partial charge on any atom is -0.464 e. The van der Waals surface area contributed by atoms with Gasteiger partial charge in [0.15, 0.2) is 17.3 Å². The smallest absolute Gasteiger partial charge is 0.442 e. The number of ether oxygens (including phenoxy) is 2. The van der Waals surface area contributed by atoms with Crippen LogP contribution < -0.4 is 10.6 Å². The summed E-state index contributed by atoms with van der Waals surface area (Å²) in [5, 5.41) is 5.66. The van der Waals surface area contributed by atoms with Crippen molar-refractivity contribution in [3.05, 3.63) is 48.7 Å². The number of imidazole rings is 1. The predicted molar refractivity (Wildman–Crippen MR) is 160 cm³/mol. The molecule has 13 nitrogen and oxygen atoms in total. The summed E-state index contributed by atoms with van der Waals surface area (Å²) in [6, 6.07) is 6.50. The first-order valence-corrected chi connectivity index (χ1v) is 14.6. The lowest BCUT2D eigenvalue weighted by atomic mass is 10.1. The van der Waals surface area contributed by atoms with Gasteiger partial charge >= 0.3 is 12.1 Å². The summed E-state index contributed by atoms with van der Waals surface area (Å²) in [6.07, 6.45) is 4.08. The van der Waals surface area contributed by atoms with E-state index in [1.54, 1.807) is 84.7 Å². The van der Waals surface area contributed by atoms with E-state index in [0.717, 1.165) is 5.52 Å². The van der Waals surface area contributed by atoms with E-state index < -0.39 is 32.6 Å². The van der Waals surface area contributed by atoms with Crippen LogP contribution in [-0.4, -0.2) is 65.8 Å². The zero-order valence-corrected chi connectivity index (χ0v) is 25.6. The fourth-order valence-corrected chi connectivity index (χ4v) is 5.68. The summed E-state index contributed by atoms with van der Waals surface area (Å²) in [7, 11) is 1.66. The van der Waals surface area contributed by atoms with E-state index >= 15 is 0 Å². The molecule has 222 valence electrons. The quantitative estimate of drug-likeness (QED) is 0.271. The van der Waals surface area contributed by atoms with Gasteiger partial charge in [0, 0.05) is 36.1 Å². The first kappa shape index (κ1) is 30.4. The fraction of sp³-hybridized carbons (Fsp3) is 0.357. The molecule has 0 spiro atoms. The average Bonchev–Trinajstić information content (AvgIpc) is 3.32. The van der Waals surface area contributed by atoms with E-state index in [9.17, 15) is 13.8 Å². The number of carbonyl (C=O) groups is 2. The van der Waals surface area contributed by atoms with E-state index in [-0.39, 0.29) is 11.5 Å². The molecule has 0 aliphatic heterocycles. The van der Waals surface area contributed by atoms with Crippen molar-refractivity contribution >= 4 is 50.1 Å². The van der Waals surface area contributed by atoms with Crippen LogP contribution in [0.4, 0.5) is 22.1 Å². The highest BCUT2D eigenvalue weighted by molar-refractivity contribution is 7.94. The topological polar surface area (TPSA) is 163 Å². The summed E-state index contributed by atoms with van der Waals surface area (Å²) < 4.78 is 29.8. The third kappa shape index (κ3) is 6.17. The van der Waals surface area contributed by atoms with Crippen molar-refractivity contribution in [1.82, 2.24) is 24.5 Å². The van der Waals surface area contributed by atoms with Crippen LogP contribution >= 0.6 is 0 Å². The van der Waals surface area contributed by atoms with E-state index in [1.165, 1.54) is 7.11 Å². The number of aryl methyl sites for hydroxylation is 1. The molecule has 0 fully saturated rings. The standard InChI is InChI=1S/C28H34N8O5S/c1-16(2)42(39,35-27(38)41-28(3,4)5)18-11-9-17(10-12-18)32-25-23(26(37)40-8)33-22(24(29-6)34-25)19-13-30-14-20-21(19)31-15-36(20)7/h9-16H,1-8H3,(H2,29,32,34). The molecule has 1 aromatic carbocycles. The van der Waals surface area contributed by atoms with Crippen LogP contribution in [0.15, 0.2) is 52.2 Å². The summed E-state index contributed by atoms with van der Waals surface area (Å²) in [6.45, 7) is 8.59. The predicted octanol–water partition coefficient (Wildman–Crippen LogP) is 5.17. The summed E-state index contributed by atoms with van der Waals surface area (Å²) in [5.41, 5.74) is 2.08. The third-order valence-electron chi connectivity index (χ3n) is 6.10. The molecule has 0 aliphatic rings. The minimum absolute atomic E-state index is 0.0607. The fourth-order valence-electron chi connectivity index (χ4n) is 4.03. The Hall–Kier alpha value is -4.59. The highest BCUT2D eigenvalue weighted by atomic mass is 32.2. The van der Waals surface area contributed by atoms with E-state index in [0.29, 0.717) is 33.2 Å². The number of aromatic nitrogens is 5. The number of hydrogen-bond acceptors (Lipinski definition) is 11. The van der Waals surface area contributed by atoms with Gasteiger partial charge in [-0.05, 0) is 58.9 Å². The normalized spacial score (nSPS) is 13.0. The first-order valence-electron chi connectivity index (χ1n) is 13.1. The molecule has 1 atom stereocenters. The van der Waals surface area contributed by atoms with Crippen molar-refractivity contribution in [1.29, 1.82) is 0 Å². The largest absolute Gasteiger partial charge is 0.464 e. The zero-order valence-electron chi connectivity index (χ0n) is 24.8. The highest BCUT2D eigenvalue weighted by Crippen LogP contribution is 2.33. The lowest BCUT2D eigenvalue weighted by Gasteiger charge is -2.19. The van der Waals surface area contributed by atoms with Gasteiger partial charge in [0.1, 0.15) is 16.8 Å². The number of anilines is 3. The van der Waals surface area contributed by atoms with Crippen LogP contribution in [-0.2, 0) is 26.3 Å². The van der Waals surface area contributed by atoms with Gasteiger partial charge in [-0.3, -0.25) is 4.98 Å². The van der Waals surface area contributed by atoms with Gasteiger partial charge in [0.2, 0.25) is 0 Å². The number of pyridine rings is 1. The van der Waals surface area contributed by atoms with Crippen LogP contribution in [0.5, 0.6) is 0 Å². The van der Waals surface area contributed by atoms with Crippen molar-refractivity contribution in [3.63, 3.8) is 0 Å². The number of hydrogen-bond donors (Lipinski definition) is 2. The summed E-state index contributed by atoms with van der Waals surface area (Å²) in [4.78, 5) is 43.6. The lowest BCUT2D eigenvalue weighted by molar-refractivity contribution is 0.0589. The van der Waals surface area contributed by atoms with Crippen LogP contribution in [0.3, 0.4) is 0 Å². The Labute approximate surface area is 244 Å². The van der Waals surface area contributed by atoms with E-state index in [1.807, 2.05) is 11.6 Å². The minimum atomic E-state index is -3.14. The molecule has 4 aromatic rings. The zero-order chi connectivity index (χ0) is 30.8. The molecule has 0 aliphatic carbocycles. The number of esters is 1. The average molecular weight is 595 g/mol. The third-order valence-corrected chi connectivity index (χ3v) is 8.75. The van der Waals surface area contributed by atoms with E-state index in [4.69, 9.17) is 9.47 Å². The molecule has 3 heterocycles. The van der Waals surface area contributed by atoms with Gasteiger partial charge in [-0.15, -0.1) is 4.36 Å².